The van der Waals surface area contributed by atoms with Crippen LogP contribution >= 0.6 is 15.9 Å². The van der Waals surface area contributed by atoms with Gasteiger partial charge in [-0.1, -0.05) is 45.4 Å². The van der Waals surface area contributed by atoms with E-state index < -0.39 is 6.10 Å². The standard InChI is InChI=1S/C21H22BrN3O3/c1-13-8-9-14(2)18(10-13)27-15(3)21(26)25(4)12-19-23-20(24-28-19)16-6-5-7-17(22)11-16/h5-11,15H,12H2,1-4H3. The third-order valence-electron chi connectivity index (χ3n) is 4.29. The van der Waals surface area contributed by atoms with E-state index in [-0.39, 0.29) is 12.5 Å². The summed E-state index contributed by atoms with van der Waals surface area (Å²) >= 11 is 3.43. The molecule has 0 aliphatic rings. The maximum atomic E-state index is 12.7. The van der Waals surface area contributed by atoms with Crippen molar-refractivity contribution in [3.8, 4) is 17.1 Å². The lowest BCUT2D eigenvalue weighted by Crippen LogP contribution is -2.37. The number of carbonyl (C=O) groups excluding carboxylic acids is 1. The molecule has 0 saturated heterocycles. The number of rotatable bonds is 6. The van der Waals surface area contributed by atoms with Crippen LogP contribution in [0.4, 0.5) is 0 Å². The van der Waals surface area contributed by atoms with Crippen molar-refractivity contribution in [1.82, 2.24) is 15.0 Å². The Morgan fingerprint density at radius 3 is 2.79 bits per heavy atom. The number of benzene rings is 2. The molecule has 3 rings (SSSR count). The van der Waals surface area contributed by atoms with Crippen LogP contribution in [-0.4, -0.2) is 34.1 Å². The normalized spacial score (nSPS) is 11.9. The molecule has 1 atom stereocenters. The Morgan fingerprint density at radius 2 is 2.04 bits per heavy atom. The van der Waals surface area contributed by atoms with Gasteiger partial charge in [0.25, 0.3) is 5.91 Å². The van der Waals surface area contributed by atoms with Crippen LogP contribution in [0.5, 0.6) is 5.75 Å². The van der Waals surface area contributed by atoms with Gasteiger partial charge in [-0.2, -0.15) is 4.98 Å². The number of aromatic nitrogens is 2. The first kappa shape index (κ1) is 20.1. The van der Waals surface area contributed by atoms with Crippen LogP contribution in [0.3, 0.4) is 0 Å². The Labute approximate surface area is 172 Å². The predicted molar refractivity (Wildman–Crippen MR) is 110 cm³/mol. The predicted octanol–water partition coefficient (Wildman–Crippen LogP) is 4.54. The molecule has 1 unspecified atom stereocenters. The summed E-state index contributed by atoms with van der Waals surface area (Å²) in [5.74, 6) is 1.40. The molecule has 146 valence electrons. The zero-order valence-electron chi connectivity index (χ0n) is 16.3. The second-order valence-corrected chi connectivity index (χ2v) is 7.66. The lowest BCUT2D eigenvalue weighted by molar-refractivity contribution is -0.137. The summed E-state index contributed by atoms with van der Waals surface area (Å²) < 4.78 is 12.1. The number of hydrogen-bond acceptors (Lipinski definition) is 5. The molecule has 1 heterocycles. The second-order valence-electron chi connectivity index (χ2n) is 6.75. The number of nitrogens with zero attached hydrogens (tertiary/aromatic N) is 3. The molecule has 0 spiro atoms. The molecule has 0 aliphatic carbocycles. The van der Waals surface area contributed by atoms with Crippen LogP contribution in [0.1, 0.15) is 23.9 Å². The summed E-state index contributed by atoms with van der Waals surface area (Å²) in [4.78, 5) is 18.6. The zero-order valence-corrected chi connectivity index (χ0v) is 17.9. The van der Waals surface area contributed by atoms with Gasteiger partial charge >= 0.3 is 0 Å². The van der Waals surface area contributed by atoms with E-state index in [1.807, 2.05) is 56.3 Å². The highest BCUT2D eigenvalue weighted by atomic mass is 79.9. The minimum absolute atomic E-state index is 0.164. The van der Waals surface area contributed by atoms with E-state index in [2.05, 4.69) is 26.1 Å². The van der Waals surface area contributed by atoms with Crippen molar-refractivity contribution >= 4 is 21.8 Å². The molecule has 0 aliphatic heterocycles. The van der Waals surface area contributed by atoms with Gasteiger partial charge in [0.2, 0.25) is 11.7 Å². The van der Waals surface area contributed by atoms with Gasteiger partial charge in [-0.15, -0.1) is 0 Å². The fourth-order valence-corrected chi connectivity index (χ4v) is 3.13. The molecule has 3 aromatic rings. The number of ether oxygens (including phenoxy) is 1. The van der Waals surface area contributed by atoms with Crippen molar-refractivity contribution in [2.45, 2.75) is 33.4 Å². The van der Waals surface area contributed by atoms with E-state index >= 15 is 0 Å². The number of amides is 1. The van der Waals surface area contributed by atoms with E-state index in [0.717, 1.165) is 21.2 Å². The molecule has 7 heteroatoms. The minimum atomic E-state index is -0.627. The van der Waals surface area contributed by atoms with Crippen molar-refractivity contribution in [2.75, 3.05) is 7.05 Å². The minimum Gasteiger partial charge on any atom is -0.481 e. The van der Waals surface area contributed by atoms with Crippen LogP contribution in [0.15, 0.2) is 51.5 Å². The van der Waals surface area contributed by atoms with Crippen LogP contribution < -0.4 is 4.74 Å². The number of halogens is 1. The highest BCUT2D eigenvalue weighted by molar-refractivity contribution is 9.10. The molecule has 2 aromatic carbocycles. The average Bonchev–Trinajstić information content (AvgIpc) is 3.12. The molecule has 28 heavy (non-hydrogen) atoms. The van der Waals surface area contributed by atoms with Gasteiger partial charge in [0.1, 0.15) is 5.75 Å². The van der Waals surface area contributed by atoms with Crippen molar-refractivity contribution in [3.63, 3.8) is 0 Å². The van der Waals surface area contributed by atoms with Crippen molar-refractivity contribution in [3.05, 3.63) is 64.0 Å². The fourth-order valence-electron chi connectivity index (χ4n) is 2.73. The first-order valence-corrected chi connectivity index (χ1v) is 9.70. The Kier molecular flexibility index (Phi) is 6.14. The largest absolute Gasteiger partial charge is 0.481 e. The molecule has 1 amide bonds. The van der Waals surface area contributed by atoms with Crippen molar-refractivity contribution < 1.29 is 14.1 Å². The van der Waals surface area contributed by atoms with E-state index in [1.165, 1.54) is 4.90 Å². The molecule has 0 saturated carbocycles. The summed E-state index contributed by atoms with van der Waals surface area (Å²) in [6, 6.07) is 13.6. The number of hydrogen-bond donors (Lipinski definition) is 0. The number of aryl methyl sites for hydroxylation is 2. The van der Waals surface area contributed by atoms with Gasteiger partial charge in [-0.3, -0.25) is 4.79 Å². The Hall–Kier alpha value is -2.67. The molecular formula is C21H22BrN3O3. The summed E-state index contributed by atoms with van der Waals surface area (Å²) in [5, 5.41) is 4.00. The van der Waals surface area contributed by atoms with E-state index in [1.54, 1.807) is 14.0 Å². The van der Waals surface area contributed by atoms with Crippen LogP contribution in [-0.2, 0) is 11.3 Å². The first-order valence-electron chi connectivity index (χ1n) is 8.91. The summed E-state index contributed by atoms with van der Waals surface area (Å²) in [6.45, 7) is 5.89. The number of likely N-dealkylation sites (N-methyl/N-ethyl adjacent to an activating group) is 1. The molecule has 0 radical (unpaired) electrons. The molecule has 0 fully saturated rings. The summed E-state index contributed by atoms with van der Waals surface area (Å²) in [6.07, 6.45) is -0.627. The van der Waals surface area contributed by atoms with Gasteiger partial charge in [-0.25, -0.2) is 0 Å². The van der Waals surface area contributed by atoms with Gasteiger partial charge in [-0.05, 0) is 50.1 Å². The lowest BCUT2D eigenvalue weighted by Gasteiger charge is -2.21. The highest BCUT2D eigenvalue weighted by Gasteiger charge is 2.22. The molecule has 0 N–H and O–H groups in total. The monoisotopic (exact) mass is 443 g/mol. The maximum Gasteiger partial charge on any atom is 0.263 e. The van der Waals surface area contributed by atoms with Crippen LogP contribution in [0.2, 0.25) is 0 Å². The average molecular weight is 444 g/mol. The maximum absolute atomic E-state index is 12.7. The SMILES string of the molecule is Cc1ccc(C)c(OC(C)C(=O)N(C)Cc2nc(-c3cccc(Br)c3)no2)c1. The van der Waals surface area contributed by atoms with Gasteiger partial charge in [0.15, 0.2) is 6.10 Å². The molecule has 1 aromatic heterocycles. The number of carbonyl (C=O) groups is 1. The van der Waals surface area contributed by atoms with Crippen LogP contribution in [0.25, 0.3) is 11.4 Å². The van der Waals surface area contributed by atoms with Crippen LogP contribution in [0, 0.1) is 13.8 Å². The third kappa shape index (κ3) is 4.78. The van der Waals surface area contributed by atoms with Gasteiger partial charge in [0.05, 0.1) is 6.54 Å². The summed E-state index contributed by atoms with van der Waals surface area (Å²) in [7, 11) is 1.69. The Morgan fingerprint density at radius 1 is 1.25 bits per heavy atom. The third-order valence-corrected chi connectivity index (χ3v) is 4.79. The van der Waals surface area contributed by atoms with Gasteiger partial charge < -0.3 is 14.2 Å². The topological polar surface area (TPSA) is 68.5 Å². The van der Waals surface area contributed by atoms with Gasteiger partial charge in [0, 0.05) is 17.1 Å². The Bertz CT molecular complexity index is 987. The Balaban J connectivity index is 1.65. The van der Waals surface area contributed by atoms with E-state index in [4.69, 9.17) is 9.26 Å². The quantitative estimate of drug-likeness (QED) is 0.559. The summed E-state index contributed by atoms with van der Waals surface area (Å²) in [5.41, 5.74) is 2.91. The first-order chi connectivity index (χ1) is 13.3. The second kappa shape index (κ2) is 8.56. The van der Waals surface area contributed by atoms with Crippen molar-refractivity contribution in [2.24, 2.45) is 0 Å². The molecule has 6 nitrogen and oxygen atoms in total. The van der Waals surface area contributed by atoms with E-state index in [0.29, 0.717) is 17.5 Å². The van der Waals surface area contributed by atoms with Crippen molar-refractivity contribution in [1.29, 1.82) is 0 Å². The molecule has 0 bridgehead atoms. The lowest BCUT2D eigenvalue weighted by atomic mass is 10.1. The fraction of sp³-hybridized carbons (Fsp3) is 0.286. The smallest absolute Gasteiger partial charge is 0.263 e. The molecular weight excluding hydrogens is 422 g/mol. The van der Waals surface area contributed by atoms with E-state index in [9.17, 15) is 4.79 Å². The highest BCUT2D eigenvalue weighted by Crippen LogP contribution is 2.22. The zero-order chi connectivity index (χ0) is 20.3.